The molecule has 5 heteroatoms. The Kier molecular flexibility index (Phi) is 4.85. The lowest BCUT2D eigenvalue weighted by atomic mass is 10.1. The summed E-state index contributed by atoms with van der Waals surface area (Å²) in [6.45, 7) is 9.24. The molecule has 2 rings (SSSR count). The molecule has 4 N–H and O–H groups in total. The van der Waals surface area contributed by atoms with Crippen LogP contribution in [0, 0.1) is 5.92 Å². The van der Waals surface area contributed by atoms with Crippen molar-refractivity contribution in [1.82, 2.24) is 20.1 Å². The van der Waals surface area contributed by atoms with Crippen LogP contribution >= 0.6 is 0 Å². The Morgan fingerprint density at radius 3 is 2.67 bits per heavy atom. The van der Waals surface area contributed by atoms with Gasteiger partial charge < -0.3 is 15.1 Å². The van der Waals surface area contributed by atoms with E-state index >= 15 is 0 Å². The summed E-state index contributed by atoms with van der Waals surface area (Å²) in [4.78, 5) is 4.60. The van der Waals surface area contributed by atoms with Gasteiger partial charge in [0.25, 0.3) is 0 Å². The first kappa shape index (κ1) is 15.4. The number of hydrogen-bond donors (Lipinski definition) is 3. The molecule has 2 aromatic rings. The molecule has 0 fully saturated rings. The number of rotatable bonds is 6. The van der Waals surface area contributed by atoms with Gasteiger partial charge in [-0.05, 0) is 23.5 Å². The predicted octanol–water partition coefficient (Wildman–Crippen LogP) is 2.51. The smallest absolute Gasteiger partial charge is 0.137 e. The van der Waals surface area contributed by atoms with E-state index in [-0.39, 0.29) is 0 Å². The van der Waals surface area contributed by atoms with Crippen molar-refractivity contribution in [3.05, 3.63) is 47.7 Å². The molecular weight excluding hydrogens is 262 g/mol. The summed E-state index contributed by atoms with van der Waals surface area (Å²) in [7, 11) is 0. The van der Waals surface area contributed by atoms with Crippen molar-refractivity contribution in [3.8, 4) is 0 Å². The third-order valence-electron chi connectivity index (χ3n) is 3.52. The van der Waals surface area contributed by atoms with Crippen LogP contribution in [0.25, 0.3) is 5.65 Å². The summed E-state index contributed by atoms with van der Waals surface area (Å²) in [6.07, 6.45) is 6.12. The number of hydrogen-bond acceptors (Lipinski definition) is 4. The Bertz CT molecular complexity index is 625. The molecule has 0 radical (unpaired) electrons. The minimum Gasteiger partial charge on any atom is -0.384 e. The van der Waals surface area contributed by atoms with E-state index in [0.29, 0.717) is 18.4 Å². The molecule has 114 valence electrons. The highest BCUT2D eigenvalue weighted by molar-refractivity contribution is 5.42. The molecule has 0 atom stereocenters. The van der Waals surface area contributed by atoms with Gasteiger partial charge in [0.1, 0.15) is 5.65 Å². The Hall–Kier alpha value is -2.01. The van der Waals surface area contributed by atoms with Gasteiger partial charge in [0, 0.05) is 24.3 Å². The Morgan fingerprint density at radius 1 is 1.29 bits per heavy atom. The fraction of sp³-hybridized carbons (Fsp3) is 0.438. The molecular formula is C16H25N5. The number of imidazole rings is 1. The lowest BCUT2D eigenvalue weighted by molar-refractivity contribution is 0.654. The Morgan fingerprint density at radius 2 is 2.05 bits per heavy atom. The summed E-state index contributed by atoms with van der Waals surface area (Å²) in [5.74, 6) is 6.36. The third kappa shape index (κ3) is 3.76. The van der Waals surface area contributed by atoms with Gasteiger partial charge in [-0.1, -0.05) is 33.8 Å². The van der Waals surface area contributed by atoms with Crippen molar-refractivity contribution in [3.63, 3.8) is 0 Å². The number of nitrogens with zero attached hydrogens (tertiary/aromatic N) is 2. The number of aromatic nitrogens is 2. The van der Waals surface area contributed by atoms with Crippen molar-refractivity contribution in [2.45, 2.75) is 40.2 Å². The van der Waals surface area contributed by atoms with Gasteiger partial charge >= 0.3 is 0 Å². The number of allylic oxidation sites excluding steroid dienone is 1. The van der Waals surface area contributed by atoms with E-state index in [9.17, 15) is 0 Å². The van der Waals surface area contributed by atoms with E-state index < -0.39 is 0 Å². The Balaban J connectivity index is 2.09. The molecule has 0 aliphatic heterocycles. The largest absolute Gasteiger partial charge is 0.384 e. The van der Waals surface area contributed by atoms with Gasteiger partial charge in [0.15, 0.2) is 0 Å². The summed E-state index contributed by atoms with van der Waals surface area (Å²) in [6, 6.07) is 4.20. The molecule has 5 nitrogen and oxygen atoms in total. The Labute approximate surface area is 126 Å². The maximum absolute atomic E-state index is 5.48. The highest BCUT2D eigenvalue weighted by Crippen LogP contribution is 2.15. The zero-order chi connectivity index (χ0) is 15.4. The fourth-order valence-electron chi connectivity index (χ4n) is 2.13. The maximum atomic E-state index is 5.48. The fourth-order valence-corrected chi connectivity index (χ4v) is 2.13. The molecule has 0 spiro atoms. The zero-order valence-corrected chi connectivity index (χ0v) is 13.2. The molecule has 0 bridgehead atoms. The van der Waals surface area contributed by atoms with Crippen molar-refractivity contribution >= 4 is 5.65 Å². The average Bonchev–Trinajstić information content (AvgIpc) is 2.84. The minimum absolute atomic E-state index is 0.358. The molecule has 0 aliphatic rings. The lowest BCUT2D eigenvalue weighted by Gasteiger charge is -2.10. The molecule has 0 saturated heterocycles. The summed E-state index contributed by atoms with van der Waals surface area (Å²) in [5.41, 5.74) is 6.97. The molecule has 2 aromatic heterocycles. The van der Waals surface area contributed by atoms with Gasteiger partial charge in [0.05, 0.1) is 12.2 Å². The molecule has 0 amide bonds. The van der Waals surface area contributed by atoms with E-state index in [2.05, 4.69) is 72.3 Å². The number of hydrazine groups is 1. The van der Waals surface area contributed by atoms with Crippen molar-refractivity contribution in [1.29, 1.82) is 0 Å². The molecule has 0 unspecified atom stereocenters. The normalized spacial score (nSPS) is 12.4. The van der Waals surface area contributed by atoms with E-state index in [1.165, 1.54) is 5.56 Å². The first-order chi connectivity index (χ1) is 10.0. The molecule has 2 heterocycles. The van der Waals surface area contributed by atoms with Crippen LogP contribution in [0.15, 0.2) is 36.4 Å². The van der Waals surface area contributed by atoms with Crippen molar-refractivity contribution in [2.75, 3.05) is 0 Å². The quantitative estimate of drug-likeness (QED) is 0.564. The standard InChI is InChI=1S/C16H25N5/c1-11(2)13-5-6-16-19-14(10-21(16)9-13)7-18-8-15(20-17)12(3)4/h5-6,8-12,18,20H,7,17H2,1-4H3/b15-8-. The second-order valence-electron chi connectivity index (χ2n) is 5.89. The SMILES string of the molecule is CC(C)/C(=C/NCc1cn2cc(C(C)C)ccc2n1)NN. The van der Waals surface area contributed by atoms with E-state index in [4.69, 9.17) is 5.84 Å². The highest BCUT2D eigenvalue weighted by Gasteiger charge is 2.05. The van der Waals surface area contributed by atoms with Crippen LogP contribution in [0.3, 0.4) is 0 Å². The second-order valence-corrected chi connectivity index (χ2v) is 5.89. The molecule has 0 saturated carbocycles. The number of nitrogens with two attached hydrogens (primary N) is 1. The van der Waals surface area contributed by atoms with Crippen LogP contribution in [-0.2, 0) is 6.54 Å². The first-order valence-corrected chi connectivity index (χ1v) is 7.39. The predicted molar refractivity (Wildman–Crippen MR) is 86.4 cm³/mol. The van der Waals surface area contributed by atoms with Crippen molar-refractivity contribution < 1.29 is 0 Å². The summed E-state index contributed by atoms with van der Waals surface area (Å²) < 4.78 is 2.08. The van der Waals surface area contributed by atoms with Crippen LogP contribution in [0.2, 0.25) is 0 Å². The minimum atomic E-state index is 0.358. The first-order valence-electron chi connectivity index (χ1n) is 7.39. The van der Waals surface area contributed by atoms with Gasteiger partial charge in [-0.25, -0.2) is 4.98 Å². The highest BCUT2D eigenvalue weighted by atomic mass is 15.2. The number of pyridine rings is 1. The zero-order valence-electron chi connectivity index (χ0n) is 13.2. The van der Waals surface area contributed by atoms with Crippen molar-refractivity contribution in [2.24, 2.45) is 11.8 Å². The summed E-state index contributed by atoms with van der Waals surface area (Å²) >= 11 is 0. The molecule has 0 aliphatic carbocycles. The van der Waals surface area contributed by atoms with E-state index in [1.807, 2.05) is 6.20 Å². The van der Waals surface area contributed by atoms with E-state index in [1.54, 1.807) is 0 Å². The van der Waals surface area contributed by atoms with Gasteiger partial charge in [-0.3, -0.25) is 5.84 Å². The van der Waals surface area contributed by atoms with Gasteiger partial charge in [-0.2, -0.15) is 0 Å². The van der Waals surface area contributed by atoms with Crippen LogP contribution in [-0.4, -0.2) is 9.38 Å². The summed E-state index contributed by atoms with van der Waals surface area (Å²) in [5, 5.41) is 3.25. The maximum Gasteiger partial charge on any atom is 0.137 e. The van der Waals surface area contributed by atoms with Crippen LogP contribution in [0.5, 0.6) is 0 Å². The van der Waals surface area contributed by atoms with Crippen LogP contribution in [0.4, 0.5) is 0 Å². The van der Waals surface area contributed by atoms with Gasteiger partial charge in [-0.15, -0.1) is 0 Å². The van der Waals surface area contributed by atoms with Crippen LogP contribution < -0.4 is 16.6 Å². The topological polar surface area (TPSA) is 67.4 Å². The molecule has 0 aromatic carbocycles. The van der Waals surface area contributed by atoms with E-state index in [0.717, 1.165) is 17.0 Å². The molecule has 21 heavy (non-hydrogen) atoms. The third-order valence-corrected chi connectivity index (χ3v) is 3.52. The average molecular weight is 287 g/mol. The number of nitrogens with one attached hydrogen (secondary N) is 2. The number of fused-ring (bicyclic) bond motifs is 1. The second kappa shape index (κ2) is 6.63. The van der Waals surface area contributed by atoms with Crippen LogP contribution in [0.1, 0.15) is 44.9 Å². The van der Waals surface area contributed by atoms with Gasteiger partial charge in [0.2, 0.25) is 0 Å². The monoisotopic (exact) mass is 287 g/mol. The lowest BCUT2D eigenvalue weighted by Crippen LogP contribution is -2.26.